The van der Waals surface area contributed by atoms with E-state index in [1.54, 1.807) is 0 Å². The van der Waals surface area contributed by atoms with Crippen molar-refractivity contribution in [1.29, 1.82) is 0 Å². The molecule has 1 spiro atoms. The van der Waals surface area contributed by atoms with Crippen LogP contribution in [0, 0.1) is 5.41 Å². The summed E-state index contributed by atoms with van der Waals surface area (Å²) in [7, 11) is 0. The van der Waals surface area contributed by atoms with Crippen molar-refractivity contribution in [2.75, 3.05) is 13.1 Å². The lowest BCUT2D eigenvalue weighted by Crippen LogP contribution is -2.61. The van der Waals surface area contributed by atoms with E-state index in [0.717, 1.165) is 13.1 Å². The molecule has 82 valence electrons. The first kappa shape index (κ1) is 10.4. The van der Waals surface area contributed by atoms with Crippen LogP contribution in [0.1, 0.15) is 46.5 Å². The lowest BCUT2D eigenvalue weighted by Gasteiger charge is -2.53. The van der Waals surface area contributed by atoms with Crippen LogP contribution in [0.5, 0.6) is 0 Å². The molecule has 1 heterocycles. The maximum atomic E-state index is 6.27. The minimum Gasteiger partial charge on any atom is -0.369 e. The predicted octanol–water partition coefficient (Wildman–Crippen LogP) is 2.33. The van der Waals surface area contributed by atoms with Crippen LogP contribution in [-0.2, 0) is 4.74 Å². The van der Waals surface area contributed by atoms with Gasteiger partial charge in [0.2, 0.25) is 0 Å². The second-order valence-corrected chi connectivity index (χ2v) is 5.64. The molecule has 2 unspecified atom stereocenters. The van der Waals surface area contributed by atoms with Gasteiger partial charge in [0.05, 0.1) is 11.7 Å². The standard InChI is InChI=1S/C12H23NO/c1-10-8-13-9-12(14-10)7-5-4-6-11(12,2)3/h10,13H,4-9H2,1-3H3. The Morgan fingerprint density at radius 3 is 2.57 bits per heavy atom. The molecule has 1 aliphatic heterocycles. The molecule has 2 rings (SSSR count). The van der Waals surface area contributed by atoms with Crippen LogP contribution in [-0.4, -0.2) is 24.8 Å². The molecule has 0 bridgehead atoms. The van der Waals surface area contributed by atoms with E-state index in [4.69, 9.17) is 4.74 Å². The SMILES string of the molecule is CC1CNCC2(CCCCC2(C)C)O1. The summed E-state index contributed by atoms with van der Waals surface area (Å²) in [5.74, 6) is 0. The van der Waals surface area contributed by atoms with E-state index >= 15 is 0 Å². The molecule has 2 atom stereocenters. The Balaban J connectivity index is 2.18. The molecular weight excluding hydrogens is 174 g/mol. The highest BCUT2D eigenvalue weighted by Crippen LogP contribution is 2.47. The molecule has 0 radical (unpaired) electrons. The number of morpholine rings is 1. The molecule has 0 amide bonds. The maximum absolute atomic E-state index is 6.27. The van der Waals surface area contributed by atoms with Gasteiger partial charge in [-0.2, -0.15) is 0 Å². The topological polar surface area (TPSA) is 21.3 Å². The van der Waals surface area contributed by atoms with E-state index in [1.165, 1.54) is 25.7 Å². The third-order valence-corrected chi connectivity index (χ3v) is 4.13. The fraction of sp³-hybridized carbons (Fsp3) is 1.00. The second-order valence-electron chi connectivity index (χ2n) is 5.64. The Morgan fingerprint density at radius 1 is 1.21 bits per heavy atom. The van der Waals surface area contributed by atoms with Crippen molar-refractivity contribution in [3.63, 3.8) is 0 Å². The maximum Gasteiger partial charge on any atom is 0.0861 e. The Kier molecular flexibility index (Phi) is 2.61. The average Bonchev–Trinajstić information content (AvgIpc) is 2.11. The van der Waals surface area contributed by atoms with Crippen molar-refractivity contribution < 1.29 is 4.74 Å². The Bertz CT molecular complexity index is 210. The lowest BCUT2D eigenvalue weighted by molar-refractivity contribution is -0.187. The van der Waals surface area contributed by atoms with Gasteiger partial charge in [-0.25, -0.2) is 0 Å². The number of hydrogen-bond acceptors (Lipinski definition) is 2. The minimum absolute atomic E-state index is 0.114. The van der Waals surface area contributed by atoms with Gasteiger partial charge in [-0.15, -0.1) is 0 Å². The number of nitrogens with one attached hydrogen (secondary N) is 1. The molecule has 1 saturated heterocycles. The third kappa shape index (κ3) is 1.59. The molecule has 2 aliphatic rings. The van der Waals surface area contributed by atoms with Crippen LogP contribution in [0.4, 0.5) is 0 Å². The van der Waals surface area contributed by atoms with Gasteiger partial charge >= 0.3 is 0 Å². The van der Waals surface area contributed by atoms with Gasteiger partial charge in [-0.1, -0.05) is 26.7 Å². The predicted molar refractivity (Wildman–Crippen MR) is 58.4 cm³/mol. The molecule has 0 aromatic carbocycles. The molecule has 2 nitrogen and oxygen atoms in total. The highest BCUT2D eigenvalue weighted by Gasteiger charge is 2.49. The zero-order valence-corrected chi connectivity index (χ0v) is 9.73. The Morgan fingerprint density at radius 2 is 1.93 bits per heavy atom. The largest absolute Gasteiger partial charge is 0.369 e. The zero-order valence-electron chi connectivity index (χ0n) is 9.73. The fourth-order valence-electron chi connectivity index (χ4n) is 3.04. The first-order valence-corrected chi connectivity index (χ1v) is 5.94. The minimum atomic E-state index is 0.114. The average molecular weight is 197 g/mol. The van der Waals surface area contributed by atoms with Crippen molar-refractivity contribution in [2.24, 2.45) is 5.41 Å². The van der Waals surface area contributed by atoms with Gasteiger partial charge in [-0.3, -0.25) is 0 Å². The van der Waals surface area contributed by atoms with Crippen molar-refractivity contribution in [1.82, 2.24) is 5.32 Å². The highest BCUT2D eigenvalue weighted by molar-refractivity contribution is 5.01. The molecular formula is C12H23NO. The summed E-state index contributed by atoms with van der Waals surface area (Å²) in [6.07, 6.45) is 5.62. The van der Waals surface area contributed by atoms with Gasteiger partial charge < -0.3 is 10.1 Å². The molecule has 1 saturated carbocycles. The van der Waals surface area contributed by atoms with Crippen LogP contribution < -0.4 is 5.32 Å². The third-order valence-electron chi connectivity index (χ3n) is 4.13. The molecule has 0 aromatic rings. The number of hydrogen-bond donors (Lipinski definition) is 1. The van der Waals surface area contributed by atoms with Crippen molar-refractivity contribution in [3.8, 4) is 0 Å². The molecule has 2 heteroatoms. The summed E-state index contributed by atoms with van der Waals surface area (Å²) >= 11 is 0. The number of rotatable bonds is 0. The van der Waals surface area contributed by atoms with Gasteiger partial charge in [0, 0.05) is 13.1 Å². The number of ether oxygens (including phenoxy) is 1. The zero-order chi connectivity index (χ0) is 10.2. The van der Waals surface area contributed by atoms with Crippen LogP contribution in [0.25, 0.3) is 0 Å². The van der Waals surface area contributed by atoms with Gasteiger partial charge in [-0.05, 0) is 25.2 Å². The lowest BCUT2D eigenvalue weighted by atomic mass is 9.64. The Hall–Kier alpha value is -0.0800. The van der Waals surface area contributed by atoms with Gasteiger partial charge in [0.1, 0.15) is 0 Å². The first-order chi connectivity index (χ1) is 6.56. The van der Waals surface area contributed by atoms with Crippen LogP contribution in [0.2, 0.25) is 0 Å². The normalized spacial score (nSPS) is 42.6. The summed E-state index contributed by atoms with van der Waals surface area (Å²) in [5, 5.41) is 3.53. The molecule has 0 aromatic heterocycles. The van der Waals surface area contributed by atoms with E-state index in [2.05, 4.69) is 26.1 Å². The highest BCUT2D eigenvalue weighted by atomic mass is 16.5. The van der Waals surface area contributed by atoms with E-state index < -0.39 is 0 Å². The summed E-state index contributed by atoms with van der Waals surface area (Å²) in [5.41, 5.74) is 0.454. The summed E-state index contributed by atoms with van der Waals surface area (Å²) in [6.45, 7) is 8.97. The molecule has 2 fully saturated rings. The fourth-order valence-corrected chi connectivity index (χ4v) is 3.04. The quantitative estimate of drug-likeness (QED) is 0.643. The van der Waals surface area contributed by atoms with Crippen LogP contribution >= 0.6 is 0 Å². The van der Waals surface area contributed by atoms with Crippen molar-refractivity contribution >= 4 is 0 Å². The van der Waals surface area contributed by atoms with Crippen LogP contribution in [0.15, 0.2) is 0 Å². The first-order valence-electron chi connectivity index (χ1n) is 5.94. The van der Waals surface area contributed by atoms with Gasteiger partial charge in [0.25, 0.3) is 0 Å². The van der Waals surface area contributed by atoms with E-state index in [9.17, 15) is 0 Å². The molecule has 1 aliphatic carbocycles. The van der Waals surface area contributed by atoms with Crippen molar-refractivity contribution in [2.45, 2.75) is 58.2 Å². The monoisotopic (exact) mass is 197 g/mol. The smallest absolute Gasteiger partial charge is 0.0861 e. The van der Waals surface area contributed by atoms with E-state index in [0.29, 0.717) is 11.5 Å². The van der Waals surface area contributed by atoms with Gasteiger partial charge in [0.15, 0.2) is 0 Å². The summed E-state index contributed by atoms with van der Waals surface area (Å²) in [4.78, 5) is 0. The molecule has 14 heavy (non-hydrogen) atoms. The van der Waals surface area contributed by atoms with Crippen molar-refractivity contribution in [3.05, 3.63) is 0 Å². The van der Waals surface area contributed by atoms with E-state index in [1.807, 2.05) is 0 Å². The Labute approximate surface area is 87.4 Å². The van der Waals surface area contributed by atoms with Crippen LogP contribution in [0.3, 0.4) is 0 Å². The molecule has 1 N–H and O–H groups in total. The summed E-state index contributed by atoms with van der Waals surface area (Å²) < 4.78 is 6.27. The van der Waals surface area contributed by atoms with E-state index in [-0.39, 0.29) is 5.60 Å². The summed E-state index contributed by atoms with van der Waals surface area (Å²) in [6, 6.07) is 0. The second kappa shape index (κ2) is 3.49.